The van der Waals surface area contributed by atoms with Crippen molar-refractivity contribution in [1.82, 2.24) is 20.3 Å². The molecule has 1 aromatic heterocycles. The monoisotopic (exact) mass is 536 g/mol. The van der Waals surface area contributed by atoms with Crippen LogP contribution in [0.4, 0.5) is 25.0 Å². The van der Waals surface area contributed by atoms with Crippen LogP contribution in [0.15, 0.2) is 30.5 Å². The third-order valence-corrected chi connectivity index (χ3v) is 6.65. The van der Waals surface area contributed by atoms with Crippen molar-refractivity contribution in [3.63, 3.8) is 0 Å². The summed E-state index contributed by atoms with van der Waals surface area (Å²) in [6, 6.07) is 6.08. The summed E-state index contributed by atoms with van der Waals surface area (Å²) in [7, 11) is 4.93. The zero-order chi connectivity index (χ0) is 26.5. The van der Waals surface area contributed by atoms with E-state index in [1.807, 2.05) is 18.1 Å². The van der Waals surface area contributed by atoms with E-state index < -0.39 is 23.8 Å². The van der Waals surface area contributed by atoms with Crippen molar-refractivity contribution in [2.45, 2.75) is 12.6 Å². The van der Waals surface area contributed by atoms with E-state index in [2.05, 4.69) is 15.3 Å². The van der Waals surface area contributed by atoms with Gasteiger partial charge in [0, 0.05) is 64.2 Å². The molecule has 3 heterocycles. The van der Waals surface area contributed by atoms with Crippen LogP contribution in [0.25, 0.3) is 0 Å². The number of aromatic nitrogens is 1. The van der Waals surface area contributed by atoms with Gasteiger partial charge in [-0.3, -0.25) is 4.90 Å². The second-order valence-corrected chi connectivity index (χ2v) is 9.08. The molecule has 0 saturated carbocycles. The van der Waals surface area contributed by atoms with Gasteiger partial charge in [0.1, 0.15) is 11.8 Å². The van der Waals surface area contributed by atoms with Crippen molar-refractivity contribution >= 4 is 34.9 Å². The summed E-state index contributed by atoms with van der Waals surface area (Å²) < 4.78 is 45.8. The highest BCUT2D eigenvalue weighted by Crippen LogP contribution is 2.31. The van der Waals surface area contributed by atoms with Crippen LogP contribution in [-0.4, -0.2) is 92.9 Å². The quantitative estimate of drug-likeness (QED) is 0.533. The number of amides is 1. The number of hydrogen-bond donors (Lipinski definition) is 1. The molecule has 2 fully saturated rings. The molecule has 0 spiro atoms. The predicted octanol–water partition coefficient (Wildman–Crippen LogP) is 2.38. The maximum atomic E-state index is 15.3. The minimum absolute atomic E-state index is 0.0983. The van der Waals surface area contributed by atoms with E-state index in [1.165, 1.54) is 24.1 Å². The Bertz CT molecular complexity index is 1100. The summed E-state index contributed by atoms with van der Waals surface area (Å²) in [5.74, 6) is -0.932. The van der Waals surface area contributed by atoms with E-state index >= 15 is 8.78 Å². The Labute approximate surface area is 219 Å². The number of benzene rings is 1. The van der Waals surface area contributed by atoms with E-state index in [9.17, 15) is 4.79 Å². The molecule has 2 aliphatic heterocycles. The predicted molar refractivity (Wildman–Crippen MR) is 138 cm³/mol. The molecular weight excluding hydrogens is 506 g/mol. The highest BCUT2D eigenvalue weighted by Gasteiger charge is 2.34. The van der Waals surface area contributed by atoms with Gasteiger partial charge in [0.05, 0.1) is 33.0 Å². The minimum Gasteiger partial charge on any atom is -0.481 e. The molecule has 2 aliphatic rings. The second-order valence-electron chi connectivity index (χ2n) is 8.71. The highest BCUT2D eigenvalue weighted by molar-refractivity contribution is 7.80. The van der Waals surface area contributed by atoms with Gasteiger partial charge in [-0.15, -0.1) is 0 Å². The van der Waals surface area contributed by atoms with Gasteiger partial charge in [-0.1, -0.05) is 6.07 Å². The first kappa shape index (κ1) is 26.8. The molecular formula is C24H30F2N6O4S. The Morgan fingerprint density at radius 3 is 2.57 bits per heavy atom. The Hall–Kier alpha value is -3.29. The van der Waals surface area contributed by atoms with Crippen molar-refractivity contribution < 1.29 is 27.8 Å². The number of nitrogens with one attached hydrogen (secondary N) is 1. The van der Waals surface area contributed by atoms with Crippen LogP contribution in [0, 0.1) is 11.6 Å². The van der Waals surface area contributed by atoms with E-state index in [1.54, 1.807) is 24.3 Å². The number of ether oxygens (including phenoxy) is 3. The number of carbonyl (C=O) groups is 1. The number of rotatable bonds is 7. The Balaban J connectivity index is 1.42. The molecule has 1 N–H and O–H groups in total. The Morgan fingerprint density at radius 1 is 1.19 bits per heavy atom. The highest BCUT2D eigenvalue weighted by atomic mass is 32.1. The molecule has 10 nitrogen and oxygen atoms in total. The number of anilines is 2. The third kappa shape index (κ3) is 6.35. The topological polar surface area (TPSA) is 82.6 Å². The number of halogens is 2. The van der Waals surface area contributed by atoms with Gasteiger partial charge in [-0.25, -0.2) is 28.6 Å². The Kier molecular flexibility index (Phi) is 8.56. The summed E-state index contributed by atoms with van der Waals surface area (Å²) in [5.41, 5.74) is 0.986. The van der Waals surface area contributed by atoms with Crippen LogP contribution < -0.4 is 19.9 Å². The molecule has 4 rings (SSSR count). The van der Waals surface area contributed by atoms with Crippen molar-refractivity contribution in [1.29, 1.82) is 0 Å². The van der Waals surface area contributed by atoms with E-state index in [0.717, 1.165) is 5.56 Å². The third-order valence-electron chi connectivity index (χ3n) is 6.34. The average Bonchev–Trinajstić information content (AvgIpc) is 3.18. The summed E-state index contributed by atoms with van der Waals surface area (Å²) >= 11 is 4.91. The smallest absolute Gasteiger partial charge is 0.414 e. The summed E-state index contributed by atoms with van der Waals surface area (Å²) in [5, 5.41) is 7.12. The molecule has 0 unspecified atom stereocenters. The van der Waals surface area contributed by atoms with Crippen LogP contribution in [-0.2, 0) is 16.0 Å². The molecule has 2 saturated heterocycles. The molecule has 2 aromatic rings. The maximum absolute atomic E-state index is 15.3. The van der Waals surface area contributed by atoms with Crippen LogP contribution in [0.2, 0.25) is 0 Å². The average molecular weight is 537 g/mol. The van der Waals surface area contributed by atoms with Gasteiger partial charge in [-0.2, -0.15) is 0 Å². The van der Waals surface area contributed by atoms with Crippen LogP contribution in [0.5, 0.6) is 5.88 Å². The molecule has 1 amide bonds. The van der Waals surface area contributed by atoms with E-state index in [-0.39, 0.29) is 29.6 Å². The number of pyridine rings is 1. The molecule has 1 atom stereocenters. The maximum Gasteiger partial charge on any atom is 0.414 e. The first-order valence-corrected chi connectivity index (χ1v) is 12.2. The van der Waals surface area contributed by atoms with Gasteiger partial charge in [0.15, 0.2) is 11.6 Å². The SMILES string of the molecule is COC(=S)NC[C@H]1CN(c2cc(F)c(N3CCN(C)N(Cc4ccc(OC)nc4)CC3)c(F)c2)C(=O)O1. The Morgan fingerprint density at radius 2 is 1.92 bits per heavy atom. The number of methoxy groups -OCH3 is 2. The fourth-order valence-corrected chi connectivity index (χ4v) is 4.39. The number of likely N-dealkylation sites (N-methyl/N-ethyl adjacent to an activating group) is 1. The zero-order valence-corrected chi connectivity index (χ0v) is 21.8. The first-order chi connectivity index (χ1) is 17.8. The van der Waals surface area contributed by atoms with E-state index in [0.29, 0.717) is 38.6 Å². The van der Waals surface area contributed by atoms with Gasteiger partial charge in [0.25, 0.3) is 5.17 Å². The fourth-order valence-electron chi connectivity index (χ4n) is 4.30. The number of carbonyl (C=O) groups excluding carboxylic acids is 1. The first-order valence-electron chi connectivity index (χ1n) is 11.8. The van der Waals surface area contributed by atoms with Gasteiger partial charge < -0.3 is 24.4 Å². The number of thiocarbonyl (C=S) groups is 1. The standard InChI is InChI=1S/C24H30F2N6O4S/c1-29-6-7-30(8-9-31(29)14-16-4-5-21(34-2)27-12-16)22-19(25)10-17(11-20(22)26)32-15-18(36-24(32)33)13-28-23(37)35-3/h4-5,10-12,18H,6-9,13-15H2,1-3H3,(H,28,37)/t18-/m0/s1. The molecule has 0 radical (unpaired) electrons. The van der Waals surface area contributed by atoms with Crippen LogP contribution in [0.3, 0.4) is 0 Å². The number of nitrogens with zero attached hydrogens (tertiary/aromatic N) is 5. The van der Waals surface area contributed by atoms with Gasteiger partial charge >= 0.3 is 6.09 Å². The molecule has 13 heteroatoms. The second kappa shape index (κ2) is 11.8. The molecule has 0 aliphatic carbocycles. The summed E-state index contributed by atoms with van der Waals surface area (Å²) in [4.78, 5) is 19.5. The van der Waals surface area contributed by atoms with Crippen LogP contribution in [0.1, 0.15) is 5.56 Å². The minimum atomic E-state index is -0.736. The number of cyclic esters (lactones) is 1. The molecule has 0 bridgehead atoms. The van der Waals surface area contributed by atoms with Crippen molar-refractivity contribution in [2.75, 3.05) is 70.3 Å². The lowest BCUT2D eigenvalue weighted by Crippen LogP contribution is -2.40. The van der Waals surface area contributed by atoms with Crippen molar-refractivity contribution in [3.05, 3.63) is 47.7 Å². The van der Waals surface area contributed by atoms with Crippen LogP contribution >= 0.6 is 12.2 Å². The zero-order valence-electron chi connectivity index (χ0n) is 20.9. The van der Waals surface area contributed by atoms with E-state index in [4.69, 9.17) is 26.4 Å². The molecule has 37 heavy (non-hydrogen) atoms. The lowest BCUT2D eigenvalue weighted by atomic mass is 10.2. The normalized spacial score (nSPS) is 18.9. The largest absolute Gasteiger partial charge is 0.481 e. The van der Waals surface area contributed by atoms with Gasteiger partial charge in [-0.05, 0) is 17.8 Å². The van der Waals surface area contributed by atoms with Crippen molar-refractivity contribution in [3.8, 4) is 5.88 Å². The molecule has 1 aromatic carbocycles. The molecule has 200 valence electrons. The lowest BCUT2D eigenvalue weighted by molar-refractivity contribution is 0.00572. The summed E-state index contributed by atoms with van der Waals surface area (Å²) in [6.07, 6.45) is 0.532. The van der Waals surface area contributed by atoms with Crippen molar-refractivity contribution in [2.24, 2.45) is 0 Å². The number of hydrazine groups is 1. The number of hydrogen-bond acceptors (Lipinski definition) is 9. The lowest BCUT2D eigenvalue weighted by Gasteiger charge is -2.29. The van der Waals surface area contributed by atoms with Gasteiger partial charge in [0.2, 0.25) is 5.88 Å². The summed E-state index contributed by atoms with van der Waals surface area (Å²) in [6.45, 7) is 2.93. The fraction of sp³-hybridized carbons (Fsp3) is 0.458.